The second kappa shape index (κ2) is 9.62. The van der Waals surface area contributed by atoms with Gasteiger partial charge in [-0.2, -0.15) is 0 Å². The van der Waals surface area contributed by atoms with Gasteiger partial charge in [0.25, 0.3) is 21.5 Å². The van der Waals surface area contributed by atoms with E-state index in [1.807, 2.05) is 0 Å². The molecule has 0 saturated carbocycles. The van der Waals surface area contributed by atoms with Crippen molar-refractivity contribution < 1.29 is 27.1 Å². The van der Waals surface area contributed by atoms with Gasteiger partial charge in [0.2, 0.25) is 0 Å². The van der Waals surface area contributed by atoms with Crippen LogP contribution in [-0.4, -0.2) is 47.4 Å². The number of anilines is 1. The monoisotopic (exact) mass is 540 g/mol. The Morgan fingerprint density at radius 1 is 1.03 bits per heavy atom. The molecule has 0 radical (unpaired) electrons. The Kier molecular flexibility index (Phi) is 6.45. The van der Waals surface area contributed by atoms with E-state index in [2.05, 4.69) is 14.7 Å². The van der Waals surface area contributed by atoms with Gasteiger partial charge in [-0.05, 0) is 55.3 Å². The lowest BCUT2D eigenvalue weighted by Crippen LogP contribution is -2.45. The van der Waals surface area contributed by atoms with Gasteiger partial charge in [-0.1, -0.05) is 18.2 Å². The zero-order chi connectivity index (χ0) is 27.1. The molecule has 9 nitrogen and oxygen atoms in total. The maximum Gasteiger partial charge on any atom is 0.264 e. The van der Waals surface area contributed by atoms with E-state index in [1.165, 1.54) is 59.5 Å². The van der Waals surface area contributed by atoms with Gasteiger partial charge in [0.1, 0.15) is 4.90 Å². The van der Waals surface area contributed by atoms with Crippen LogP contribution in [0.4, 0.5) is 14.5 Å². The van der Waals surface area contributed by atoms with Gasteiger partial charge in [0.15, 0.2) is 11.6 Å². The number of H-pyrrole nitrogens is 1. The first-order valence-corrected chi connectivity index (χ1v) is 13.1. The minimum Gasteiger partial charge on any atom is -0.385 e. The van der Waals surface area contributed by atoms with E-state index in [9.17, 15) is 31.9 Å². The van der Waals surface area contributed by atoms with Crippen molar-refractivity contribution in [2.45, 2.75) is 23.3 Å². The number of aliphatic hydroxyl groups is 1. The number of aromatic amines is 1. The molecule has 1 fully saturated rings. The minimum atomic E-state index is -4.10. The van der Waals surface area contributed by atoms with Gasteiger partial charge in [-0.15, -0.1) is 0 Å². The van der Waals surface area contributed by atoms with E-state index >= 15 is 0 Å². The summed E-state index contributed by atoms with van der Waals surface area (Å²) in [6, 6.07) is 13.7. The molecule has 1 aliphatic heterocycles. The van der Waals surface area contributed by atoms with Crippen LogP contribution in [0, 0.1) is 11.6 Å². The molecule has 3 N–H and O–H groups in total. The third-order valence-electron chi connectivity index (χ3n) is 6.64. The highest BCUT2D eigenvalue weighted by atomic mass is 32.2. The van der Waals surface area contributed by atoms with Crippen LogP contribution in [0.3, 0.4) is 0 Å². The number of aromatic nitrogens is 2. The number of hydrogen-bond acceptors (Lipinski definition) is 6. The van der Waals surface area contributed by atoms with Crippen molar-refractivity contribution in [1.29, 1.82) is 0 Å². The fourth-order valence-electron chi connectivity index (χ4n) is 4.57. The number of sulfonamides is 1. The molecule has 2 heterocycles. The molecule has 196 valence electrons. The lowest BCUT2D eigenvalue weighted by atomic mass is 9.84. The molecule has 12 heteroatoms. The summed E-state index contributed by atoms with van der Waals surface area (Å²) >= 11 is 0. The lowest BCUT2D eigenvalue weighted by Gasteiger charge is -2.38. The molecule has 0 unspecified atom stereocenters. The van der Waals surface area contributed by atoms with Crippen molar-refractivity contribution in [3.63, 3.8) is 0 Å². The summed E-state index contributed by atoms with van der Waals surface area (Å²) in [6.45, 7) is 0.236. The molecule has 4 aromatic rings. The number of likely N-dealkylation sites (tertiary alicyclic amines) is 1. The van der Waals surface area contributed by atoms with E-state index < -0.39 is 32.8 Å². The Hall–Kier alpha value is -4.16. The standard InChI is InChI=1S/C26H22F2N4O5S/c27-20-5-2-4-19(22(20)28)26(35)11-13-32(14-12-26)25(34)16-7-9-17(10-8-16)31-38(36,37)21-6-1-3-18-23(21)29-15-30-24(18)33/h1-10,15,31,35H,11-14H2,(H,29,30,33). The molecule has 1 aliphatic rings. The number of carbonyl (C=O) groups excluding carboxylic acids is 1. The minimum absolute atomic E-state index is 0.0266. The average Bonchev–Trinajstić information content (AvgIpc) is 2.90. The largest absolute Gasteiger partial charge is 0.385 e. The third kappa shape index (κ3) is 4.63. The highest BCUT2D eigenvalue weighted by Gasteiger charge is 2.38. The Bertz CT molecular complexity index is 1700. The van der Waals surface area contributed by atoms with Crippen molar-refractivity contribution in [2.75, 3.05) is 17.8 Å². The summed E-state index contributed by atoms with van der Waals surface area (Å²) in [6.07, 6.45) is 1.18. The van der Waals surface area contributed by atoms with E-state index in [-0.39, 0.29) is 64.5 Å². The fourth-order valence-corrected chi connectivity index (χ4v) is 5.81. The van der Waals surface area contributed by atoms with Gasteiger partial charge in [0.05, 0.1) is 22.8 Å². The predicted octanol–water partition coefficient (Wildman–Crippen LogP) is 3.13. The third-order valence-corrected chi connectivity index (χ3v) is 8.05. The molecule has 1 saturated heterocycles. The molecule has 1 amide bonds. The molecule has 0 aliphatic carbocycles. The second-order valence-corrected chi connectivity index (χ2v) is 10.6. The van der Waals surface area contributed by atoms with Crippen molar-refractivity contribution in [2.24, 2.45) is 0 Å². The Morgan fingerprint density at radius 2 is 1.71 bits per heavy atom. The van der Waals surface area contributed by atoms with Crippen LogP contribution in [-0.2, 0) is 15.6 Å². The Labute approximate surface area is 215 Å². The van der Waals surface area contributed by atoms with Crippen LogP contribution in [0.1, 0.15) is 28.8 Å². The summed E-state index contributed by atoms with van der Waals surface area (Å²) in [5, 5.41) is 11.0. The zero-order valence-electron chi connectivity index (χ0n) is 19.8. The summed E-state index contributed by atoms with van der Waals surface area (Å²) in [4.78, 5) is 32.7. The van der Waals surface area contributed by atoms with E-state index in [0.29, 0.717) is 0 Å². The van der Waals surface area contributed by atoms with Gasteiger partial charge >= 0.3 is 0 Å². The molecule has 0 atom stereocenters. The molecule has 0 bridgehead atoms. The average molecular weight is 541 g/mol. The van der Waals surface area contributed by atoms with E-state index in [1.54, 1.807) is 0 Å². The normalized spacial score (nSPS) is 15.4. The Morgan fingerprint density at radius 3 is 2.42 bits per heavy atom. The summed E-state index contributed by atoms with van der Waals surface area (Å²) < 4.78 is 56.3. The first-order chi connectivity index (χ1) is 18.1. The first kappa shape index (κ1) is 25.5. The number of fused-ring (bicyclic) bond motifs is 1. The smallest absolute Gasteiger partial charge is 0.264 e. The number of para-hydroxylation sites is 1. The van der Waals surface area contributed by atoms with Gasteiger partial charge in [-0.25, -0.2) is 22.2 Å². The molecule has 0 spiro atoms. The molecular weight excluding hydrogens is 518 g/mol. The highest BCUT2D eigenvalue weighted by molar-refractivity contribution is 7.93. The predicted molar refractivity (Wildman–Crippen MR) is 135 cm³/mol. The van der Waals surface area contributed by atoms with Crippen LogP contribution < -0.4 is 10.3 Å². The van der Waals surface area contributed by atoms with Gasteiger partial charge in [-0.3, -0.25) is 14.3 Å². The number of piperidine rings is 1. The molecule has 1 aromatic heterocycles. The van der Waals surface area contributed by atoms with Crippen molar-refractivity contribution in [3.8, 4) is 0 Å². The quantitative estimate of drug-likeness (QED) is 0.356. The fraction of sp³-hybridized carbons (Fsp3) is 0.192. The van der Waals surface area contributed by atoms with Crippen LogP contribution in [0.15, 0.2) is 76.7 Å². The molecule has 5 rings (SSSR count). The van der Waals surface area contributed by atoms with Crippen molar-refractivity contribution in [1.82, 2.24) is 14.9 Å². The number of amides is 1. The number of nitrogens with one attached hydrogen (secondary N) is 2. The number of carbonyl (C=O) groups is 1. The summed E-state index contributed by atoms with van der Waals surface area (Å²) in [5.74, 6) is -2.49. The number of benzene rings is 3. The SMILES string of the molecule is O=C(c1ccc(NS(=O)(=O)c2cccc3c(=O)[nH]cnc23)cc1)N1CCC(O)(c2cccc(F)c2F)CC1. The summed E-state index contributed by atoms with van der Waals surface area (Å²) in [5.41, 5.74) is -1.68. The van der Waals surface area contributed by atoms with Gasteiger partial charge in [0, 0.05) is 29.9 Å². The second-order valence-electron chi connectivity index (χ2n) is 8.99. The number of halogens is 2. The van der Waals surface area contributed by atoms with Crippen molar-refractivity contribution in [3.05, 3.63) is 100 Å². The van der Waals surface area contributed by atoms with Crippen molar-refractivity contribution >= 4 is 32.5 Å². The van der Waals surface area contributed by atoms with Crippen LogP contribution in [0.25, 0.3) is 10.9 Å². The van der Waals surface area contributed by atoms with Crippen LogP contribution >= 0.6 is 0 Å². The molecule has 38 heavy (non-hydrogen) atoms. The highest BCUT2D eigenvalue weighted by Crippen LogP contribution is 2.35. The van der Waals surface area contributed by atoms with Crippen LogP contribution in [0.5, 0.6) is 0 Å². The summed E-state index contributed by atoms with van der Waals surface area (Å²) in [7, 11) is -4.10. The Balaban J connectivity index is 1.29. The number of rotatable bonds is 5. The maximum absolute atomic E-state index is 14.2. The number of nitrogens with zero attached hydrogens (tertiary/aromatic N) is 2. The molecular formula is C26H22F2N4O5S. The maximum atomic E-state index is 14.2. The first-order valence-electron chi connectivity index (χ1n) is 11.6. The topological polar surface area (TPSA) is 132 Å². The van der Waals surface area contributed by atoms with E-state index in [4.69, 9.17) is 0 Å². The van der Waals surface area contributed by atoms with E-state index in [0.717, 1.165) is 12.4 Å². The zero-order valence-corrected chi connectivity index (χ0v) is 20.6. The lowest BCUT2D eigenvalue weighted by molar-refractivity contribution is -0.0240. The molecule has 3 aromatic carbocycles. The van der Waals surface area contributed by atoms with Crippen LogP contribution in [0.2, 0.25) is 0 Å². The van der Waals surface area contributed by atoms with Gasteiger partial charge < -0.3 is 15.0 Å². The number of hydrogen-bond donors (Lipinski definition) is 3.